The Morgan fingerprint density at radius 1 is 0.534 bits per heavy atom. The summed E-state index contributed by atoms with van der Waals surface area (Å²) >= 11 is 0. The first-order valence-corrected chi connectivity index (χ1v) is 23.9. The van der Waals surface area contributed by atoms with Crippen LogP contribution in [0, 0.1) is 0 Å². The van der Waals surface area contributed by atoms with E-state index in [0.29, 0.717) is 19.3 Å². The molecular weight excluding hydrogens is 719 g/mol. The van der Waals surface area contributed by atoms with Gasteiger partial charge in [0.2, 0.25) is 5.91 Å². The third-order valence-electron chi connectivity index (χ3n) is 10.3. The highest BCUT2D eigenvalue weighted by Gasteiger charge is 2.24. The van der Waals surface area contributed by atoms with Gasteiger partial charge in [0.05, 0.1) is 25.2 Å². The number of hydrogen-bond acceptors (Lipinski definition) is 5. The lowest BCUT2D eigenvalue weighted by Crippen LogP contribution is -2.46. The summed E-state index contributed by atoms with van der Waals surface area (Å²) in [5.74, 6) is -0.547. The molecule has 58 heavy (non-hydrogen) atoms. The van der Waals surface area contributed by atoms with Gasteiger partial charge in [0.25, 0.3) is 0 Å². The third kappa shape index (κ3) is 39.8. The Morgan fingerprint density at radius 3 is 1.64 bits per heavy atom. The summed E-state index contributed by atoms with van der Waals surface area (Å²) in [6.45, 7) is 6.19. The van der Waals surface area contributed by atoms with Crippen LogP contribution in [0.4, 0.5) is 0 Å². The molecule has 1 amide bonds. The van der Waals surface area contributed by atoms with E-state index >= 15 is 0 Å². The molecule has 0 rings (SSSR count). The first-order valence-electron chi connectivity index (χ1n) is 23.9. The van der Waals surface area contributed by atoms with Crippen LogP contribution in [0.25, 0.3) is 0 Å². The smallest absolute Gasteiger partial charge is 0.306 e. The van der Waals surface area contributed by atoms with Crippen LogP contribution < -0.4 is 5.32 Å². The number of ether oxygens (including phenoxy) is 1. The van der Waals surface area contributed by atoms with Gasteiger partial charge in [-0.05, 0) is 77.0 Å². The van der Waals surface area contributed by atoms with E-state index in [2.05, 4.69) is 92.9 Å². The zero-order valence-corrected chi connectivity index (χ0v) is 37.6. The van der Waals surface area contributed by atoms with Crippen LogP contribution in [0.15, 0.2) is 85.1 Å². The van der Waals surface area contributed by atoms with Crippen LogP contribution in [0.3, 0.4) is 0 Å². The molecule has 0 heterocycles. The Morgan fingerprint density at radius 2 is 1.02 bits per heavy atom. The van der Waals surface area contributed by atoms with Crippen molar-refractivity contribution in [2.45, 2.75) is 225 Å². The molecule has 3 unspecified atom stereocenters. The van der Waals surface area contributed by atoms with Crippen molar-refractivity contribution in [1.82, 2.24) is 5.32 Å². The molecule has 6 nitrogen and oxygen atoms in total. The van der Waals surface area contributed by atoms with E-state index in [4.69, 9.17) is 4.74 Å². The van der Waals surface area contributed by atoms with Crippen molar-refractivity contribution >= 4 is 11.9 Å². The summed E-state index contributed by atoms with van der Waals surface area (Å²) in [5, 5.41) is 23.7. The fourth-order valence-electron chi connectivity index (χ4n) is 6.75. The molecule has 0 radical (unpaired) electrons. The Hall–Kier alpha value is -2.96. The minimum atomic E-state index is -0.805. The fourth-order valence-corrected chi connectivity index (χ4v) is 6.75. The Bertz CT molecular complexity index is 1130. The number of amides is 1. The topological polar surface area (TPSA) is 95.9 Å². The molecule has 0 aromatic rings. The first-order chi connectivity index (χ1) is 28.5. The summed E-state index contributed by atoms with van der Waals surface area (Å²) in [7, 11) is 0. The predicted octanol–water partition coefficient (Wildman–Crippen LogP) is 14.0. The number of nitrogens with one attached hydrogen (secondary N) is 1. The van der Waals surface area contributed by atoms with Crippen molar-refractivity contribution in [2.75, 3.05) is 6.61 Å². The summed E-state index contributed by atoms with van der Waals surface area (Å²) in [6.07, 6.45) is 57.8. The van der Waals surface area contributed by atoms with E-state index in [1.807, 2.05) is 18.2 Å². The van der Waals surface area contributed by atoms with Crippen LogP contribution >= 0.6 is 0 Å². The van der Waals surface area contributed by atoms with Gasteiger partial charge < -0.3 is 20.3 Å². The lowest BCUT2D eigenvalue weighted by Gasteiger charge is -2.24. The summed E-state index contributed by atoms with van der Waals surface area (Å²) in [6, 6.07) is -0.722. The highest BCUT2D eigenvalue weighted by Crippen LogP contribution is 2.17. The molecule has 3 N–H and O–H groups in total. The van der Waals surface area contributed by atoms with Gasteiger partial charge in [0.15, 0.2) is 0 Å². The van der Waals surface area contributed by atoms with Gasteiger partial charge in [-0.3, -0.25) is 9.59 Å². The van der Waals surface area contributed by atoms with Crippen molar-refractivity contribution in [2.24, 2.45) is 0 Å². The van der Waals surface area contributed by atoms with E-state index in [1.54, 1.807) is 0 Å². The molecule has 0 saturated heterocycles. The van der Waals surface area contributed by atoms with Gasteiger partial charge >= 0.3 is 5.97 Å². The van der Waals surface area contributed by atoms with E-state index in [9.17, 15) is 19.8 Å². The number of esters is 1. The van der Waals surface area contributed by atoms with E-state index in [0.717, 1.165) is 103 Å². The number of carbonyl (C=O) groups is 2. The maximum Gasteiger partial charge on any atom is 0.306 e. The largest absolute Gasteiger partial charge is 0.462 e. The maximum absolute atomic E-state index is 13.1. The Kier molecular flexibility index (Phi) is 42.8. The number of carbonyl (C=O) groups excluding carboxylic acids is 2. The monoisotopic (exact) mass is 808 g/mol. The second-order valence-electron chi connectivity index (χ2n) is 15.8. The molecule has 332 valence electrons. The van der Waals surface area contributed by atoms with Gasteiger partial charge in [-0.25, -0.2) is 0 Å². The Balaban J connectivity index is 4.69. The number of rotatable bonds is 41. The molecule has 0 aromatic carbocycles. The van der Waals surface area contributed by atoms with Crippen molar-refractivity contribution < 1.29 is 24.5 Å². The minimum Gasteiger partial charge on any atom is -0.462 e. The number of allylic oxidation sites excluding steroid dienone is 14. The number of aliphatic hydroxyl groups is 2. The summed E-state index contributed by atoms with van der Waals surface area (Å²) in [5.41, 5.74) is 0. The van der Waals surface area contributed by atoms with Crippen molar-refractivity contribution in [1.29, 1.82) is 0 Å². The van der Waals surface area contributed by atoms with Crippen LogP contribution in [-0.4, -0.2) is 46.9 Å². The molecular formula is C52H89NO5. The summed E-state index contributed by atoms with van der Waals surface area (Å²) < 4.78 is 5.88. The molecule has 6 heteroatoms. The van der Waals surface area contributed by atoms with Crippen LogP contribution in [0.5, 0.6) is 0 Å². The van der Waals surface area contributed by atoms with Gasteiger partial charge in [-0.1, -0.05) is 202 Å². The lowest BCUT2D eigenvalue weighted by molar-refractivity contribution is -0.151. The molecule has 0 aliphatic rings. The van der Waals surface area contributed by atoms with Crippen molar-refractivity contribution in [3.8, 4) is 0 Å². The molecule has 0 spiro atoms. The SMILES string of the molecule is CC/C=C/C=C/C=C/C=C\CCCCCCCC(=O)OC(CCCC/C=C/C/C=C/C/C=C/CC)CC(=O)NC(CO)C(O)CCCCCCCCCCCCCC. The van der Waals surface area contributed by atoms with Gasteiger partial charge in [-0.2, -0.15) is 0 Å². The molecule has 0 aliphatic carbocycles. The predicted molar refractivity (Wildman–Crippen MR) is 250 cm³/mol. The normalized spacial score (nSPS) is 14.1. The van der Waals surface area contributed by atoms with Crippen LogP contribution in [0.1, 0.15) is 207 Å². The zero-order chi connectivity index (χ0) is 42.4. The fraction of sp³-hybridized carbons (Fsp3) is 0.692. The van der Waals surface area contributed by atoms with Gasteiger partial charge in [0, 0.05) is 6.42 Å². The average molecular weight is 808 g/mol. The molecule has 3 atom stereocenters. The number of hydrogen-bond donors (Lipinski definition) is 3. The second-order valence-corrected chi connectivity index (χ2v) is 15.8. The zero-order valence-electron chi connectivity index (χ0n) is 37.6. The standard InChI is InChI=1S/C52H89NO5/c1-4-7-10-13-16-19-22-25-26-27-30-33-36-39-42-45-52(57)58-48(43-40-37-34-31-28-23-20-17-14-11-8-5-2)46-51(56)53-49(47-54)50(55)44-41-38-35-32-29-24-21-18-15-12-9-6-3/h7-8,10-11,13,16-17,19-20,22,25-26,28,31,48-50,54-55H,4-6,9,12,14-15,18,21,23-24,27,29-30,32-47H2,1-3H3,(H,53,56)/b10-7+,11-8+,16-13+,20-17+,22-19+,26-25-,31-28+. The second kappa shape index (κ2) is 45.1. The quantitative estimate of drug-likeness (QED) is 0.0247. The third-order valence-corrected chi connectivity index (χ3v) is 10.3. The van der Waals surface area contributed by atoms with Crippen LogP contribution in [-0.2, 0) is 14.3 Å². The van der Waals surface area contributed by atoms with E-state index in [1.165, 1.54) is 57.8 Å². The van der Waals surface area contributed by atoms with Gasteiger partial charge in [-0.15, -0.1) is 0 Å². The van der Waals surface area contributed by atoms with E-state index < -0.39 is 18.2 Å². The molecule has 0 saturated carbocycles. The number of aliphatic hydroxyl groups excluding tert-OH is 2. The Labute approximate surface area is 357 Å². The van der Waals surface area contributed by atoms with Crippen LogP contribution in [0.2, 0.25) is 0 Å². The molecule has 0 fully saturated rings. The van der Waals surface area contributed by atoms with Gasteiger partial charge in [0.1, 0.15) is 6.10 Å². The first kappa shape index (κ1) is 55.0. The minimum absolute atomic E-state index is 0.0373. The van der Waals surface area contributed by atoms with Crippen molar-refractivity contribution in [3.05, 3.63) is 85.1 Å². The maximum atomic E-state index is 13.1. The molecule has 0 aliphatic heterocycles. The molecule has 0 aromatic heterocycles. The highest BCUT2D eigenvalue weighted by molar-refractivity contribution is 5.77. The molecule has 0 bridgehead atoms. The highest BCUT2D eigenvalue weighted by atomic mass is 16.5. The van der Waals surface area contributed by atoms with Crippen molar-refractivity contribution in [3.63, 3.8) is 0 Å². The number of unbranched alkanes of at least 4 members (excludes halogenated alkanes) is 18. The summed E-state index contributed by atoms with van der Waals surface area (Å²) in [4.78, 5) is 26.0. The average Bonchev–Trinajstić information content (AvgIpc) is 3.22. The lowest BCUT2D eigenvalue weighted by atomic mass is 10.0. The van der Waals surface area contributed by atoms with E-state index in [-0.39, 0.29) is 24.9 Å².